The predicted molar refractivity (Wildman–Crippen MR) is 73.7 cm³/mol. The van der Waals surface area contributed by atoms with Crippen LogP contribution in [-0.2, 0) is 4.79 Å². The Labute approximate surface area is 110 Å². The largest absolute Gasteiger partial charge is 0.481 e. The number of carbonyl (C=O) groups is 1. The van der Waals surface area contributed by atoms with Gasteiger partial charge in [-0.1, -0.05) is 18.2 Å². The molecule has 3 N–H and O–H groups in total. The molecule has 1 atom stereocenters. The minimum Gasteiger partial charge on any atom is -0.481 e. The molecule has 0 bridgehead atoms. The molecule has 4 heteroatoms. The van der Waals surface area contributed by atoms with Crippen molar-refractivity contribution >= 4 is 17.3 Å². The first-order valence-corrected chi connectivity index (χ1v) is 6.62. The zero-order chi connectivity index (χ0) is 13.1. The molecular formula is C14H15NO2S. The van der Waals surface area contributed by atoms with E-state index >= 15 is 0 Å². The molecular weight excluding hydrogens is 246 g/mol. The van der Waals surface area contributed by atoms with E-state index in [2.05, 4.69) is 17.7 Å². The van der Waals surface area contributed by atoms with Gasteiger partial charge in [-0.3, -0.25) is 4.79 Å². The van der Waals surface area contributed by atoms with Crippen LogP contribution in [-0.4, -0.2) is 11.1 Å². The van der Waals surface area contributed by atoms with Crippen LogP contribution in [0.2, 0.25) is 0 Å². The lowest BCUT2D eigenvalue weighted by molar-refractivity contribution is -0.137. The summed E-state index contributed by atoms with van der Waals surface area (Å²) in [7, 11) is 0. The number of carboxylic acid groups (broad SMARTS) is 1. The van der Waals surface area contributed by atoms with E-state index in [1.54, 1.807) is 11.3 Å². The highest BCUT2D eigenvalue weighted by molar-refractivity contribution is 7.08. The zero-order valence-electron chi connectivity index (χ0n) is 10.1. The fraction of sp³-hybridized carbons (Fsp3) is 0.214. The van der Waals surface area contributed by atoms with Gasteiger partial charge in [-0.2, -0.15) is 11.3 Å². The number of carboxylic acids is 1. The standard InChI is InChI=1S/C14H15NO2S/c1-9-7-18-8-12(9)10-3-2-4-11(5-10)13(15)6-14(16)17/h2-5,7-8,13H,6,15H2,1H3,(H,16,17). The Morgan fingerprint density at radius 1 is 1.44 bits per heavy atom. The van der Waals surface area contributed by atoms with Crippen molar-refractivity contribution in [3.8, 4) is 11.1 Å². The highest BCUT2D eigenvalue weighted by Crippen LogP contribution is 2.28. The number of hydrogen-bond donors (Lipinski definition) is 2. The predicted octanol–water partition coefficient (Wildman–Crippen LogP) is 3.20. The minimum atomic E-state index is -0.875. The summed E-state index contributed by atoms with van der Waals surface area (Å²) in [6, 6.07) is 7.33. The number of aliphatic carboxylic acids is 1. The van der Waals surface area contributed by atoms with Crippen molar-refractivity contribution in [3.05, 3.63) is 46.2 Å². The van der Waals surface area contributed by atoms with Crippen LogP contribution < -0.4 is 5.73 Å². The van der Waals surface area contributed by atoms with E-state index in [4.69, 9.17) is 10.8 Å². The molecule has 0 spiro atoms. The molecule has 2 aromatic rings. The van der Waals surface area contributed by atoms with Crippen molar-refractivity contribution in [1.29, 1.82) is 0 Å². The number of hydrogen-bond acceptors (Lipinski definition) is 3. The molecule has 1 heterocycles. The Kier molecular flexibility index (Phi) is 3.79. The van der Waals surface area contributed by atoms with Crippen molar-refractivity contribution in [2.45, 2.75) is 19.4 Å². The molecule has 94 valence electrons. The van der Waals surface area contributed by atoms with Crippen molar-refractivity contribution in [2.75, 3.05) is 0 Å². The average molecular weight is 261 g/mol. The molecule has 1 aromatic carbocycles. The molecule has 0 amide bonds. The van der Waals surface area contributed by atoms with E-state index in [0.717, 1.165) is 11.1 Å². The molecule has 0 aliphatic carbocycles. The van der Waals surface area contributed by atoms with Crippen LogP contribution in [0.3, 0.4) is 0 Å². The van der Waals surface area contributed by atoms with Gasteiger partial charge in [0.15, 0.2) is 0 Å². The SMILES string of the molecule is Cc1cscc1-c1cccc(C(N)CC(=O)O)c1. The van der Waals surface area contributed by atoms with Gasteiger partial charge in [-0.15, -0.1) is 0 Å². The molecule has 18 heavy (non-hydrogen) atoms. The Hall–Kier alpha value is -1.65. The van der Waals surface area contributed by atoms with Crippen LogP contribution in [0.4, 0.5) is 0 Å². The molecule has 0 saturated carbocycles. The fourth-order valence-electron chi connectivity index (χ4n) is 1.90. The van der Waals surface area contributed by atoms with E-state index < -0.39 is 12.0 Å². The number of nitrogens with two attached hydrogens (primary N) is 1. The molecule has 0 fully saturated rings. The summed E-state index contributed by atoms with van der Waals surface area (Å²) in [4.78, 5) is 10.7. The van der Waals surface area contributed by atoms with Gasteiger partial charge in [0.1, 0.15) is 0 Å². The number of benzene rings is 1. The quantitative estimate of drug-likeness (QED) is 0.888. The van der Waals surface area contributed by atoms with Gasteiger partial charge in [-0.25, -0.2) is 0 Å². The van der Waals surface area contributed by atoms with Gasteiger partial charge < -0.3 is 10.8 Å². The monoisotopic (exact) mass is 261 g/mol. The van der Waals surface area contributed by atoms with E-state index in [1.165, 1.54) is 11.1 Å². The Morgan fingerprint density at radius 2 is 2.22 bits per heavy atom. The highest BCUT2D eigenvalue weighted by atomic mass is 32.1. The van der Waals surface area contributed by atoms with E-state index in [0.29, 0.717) is 0 Å². The second-order valence-corrected chi connectivity index (χ2v) is 5.04. The zero-order valence-corrected chi connectivity index (χ0v) is 10.9. The van der Waals surface area contributed by atoms with Crippen LogP contribution in [0.1, 0.15) is 23.6 Å². The lowest BCUT2D eigenvalue weighted by Gasteiger charge is -2.11. The third-order valence-electron chi connectivity index (χ3n) is 2.88. The molecule has 1 aromatic heterocycles. The van der Waals surface area contributed by atoms with Gasteiger partial charge in [0.2, 0.25) is 0 Å². The molecule has 0 saturated heterocycles. The second-order valence-electron chi connectivity index (χ2n) is 4.30. The topological polar surface area (TPSA) is 63.3 Å². The van der Waals surface area contributed by atoms with Gasteiger partial charge in [0.05, 0.1) is 6.42 Å². The number of thiophene rings is 1. The smallest absolute Gasteiger partial charge is 0.305 e. The van der Waals surface area contributed by atoms with Gasteiger partial charge in [0.25, 0.3) is 0 Å². The maximum absolute atomic E-state index is 10.7. The first-order chi connectivity index (χ1) is 8.58. The van der Waals surface area contributed by atoms with E-state index in [-0.39, 0.29) is 6.42 Å². The van der Waals surface area contributed by atoms with Gasteiger partial charge in [0, 0.05) is 6.04 Å². The van der Waals surface area contributed by atoms with Crippen LogP contribution >= 0.6 is 11.3 Å². The normalized spacial score (nSPS) is 12.3. The molecule has 1 unspecified atom stereocenters. The Morgan fingerprint density at radius 3 is 2.83 bits per heavy atom. The summed E-state index contributed by atoms with van der Waals surface area (Å²) in [5.41, 5.74) is 10.2. The molecule has 3 nitrogen and oxygen atoms in total. The lowest BCUT2D eigenvalue weighted by Crippen LogP contribution is -2.14. The second kappa shape index (κ2) is 5.33. The third-order valence-corrected chi connectivity index (χ3v) is 3.74. The van der Waals surface area contributed by atoms with Crippen LogP contribution in [0.5, 0.6) is 0 Å². The minimum absolute atomic E-state index is 0.0495. The third kappa shape index (κ3) is 2.78. The number of aryl methyl sites for hydroxylation is 1. The molecule has 2 rings (SSSR count). The number of rotatable bonds is 4. The van der Waals surface area contributed by atoms with Gasteiger partial charge >= 0.3 is 5.97 Å². The summed E-state index contributed by atoms with van der Waals surface area (Å²) in [5, 5.41) is 13.0. The van der Waals surface area contributed by atoms with E-state index in [1.807, 2.05) is 24.3 Å². The average Bonchev–Trinajstić information content (AvgIpc) is 2.75. The van der Waals surface area contributed by atoms with Crippen LogP contribution in [0, 0.1) is 6.92 Å². The highest BCUT2D eigenvalue weighted by Gasteiger charge is 2.12. The summed E-state index contributed by atoms with van der Waals surface area (Å²) in [6.07, 6.45) is -0.0495. The Balaban J connectivity index is 2.31. The summed E-state index contributed by atoms with van der Waals surface area (Å²) >= 11 is 1.66. The van der Waals surface area contributed by atoms with Gasteiger partial charge in [-0.05, 0) is 46.0 Å². The lowest BCUT2D eigenvalue weighted by atomic mass is 9.98. The van der Waals surface area contributed by atoms with Crippen LogP contribution in [0.15, 0.2) is 35.0 Å². The fourth-order valence-corrected chi connectivity index (χ4v) is 2.76. The van der Waals surface area contributed by atoms with Crippen molar-refractivity contribution in [3.63, 3.8) is 0 Å². The first kappa shape index (κ1) is 12.8. The molecule has 0 aliphatic heterocycles. The molecule has 0 radical (unpaired) electrons. The van der Waals surface area contributed by atoms with Crippen molar-refractivity contribution in [1.82, 2.24) is 0 Å². The van der Waals surface area contributed by atoms with E-state index in [9.17, 15) is 4.79 Å². The summed E-state index contributed by atoms with van der Waals surface area (Å²) in [5.74, 6) is -0.875. The maximum Gasteiger partial charge on any atom is 0.305 e. The summed E-state index contributed by atoms with van der Waals surface area (Å²) in [6.45, 7) is 2.07. The Bertz CT molecular complexity index is 562. The van der Waals surface area contributed by atoms with Crippen LogP contribution in [0.25, 0.3) is 11.1 Å². The summed E-state index contributed by atoms with van der Waals surface area (Å²) < 4.78 is 0. The van der Waals surface area contributed by atoms with Crippen molar-refractivity contribution in [2.24, 2.45) is 5.73 Å². The maximum atomic E-state index is 10.7. The van der Waals surface area contributed by atoms with Crippen molar-refractivity contribution < 1.29 is 9.90 Å². The first-order valence-electron chi connectivity index (χ1n) is 5.68. The molecule has 0 aliphatic rings.